The van der Waals surface area contributed by atoms with Crippen molar-refractivity contribution < 1.29 is 4.79 Å². The molecule has 1 rings (SSSR count). The average Bonchev–Trinajstić information content (AvgIpc) is 2.18. The van der Waals surface area contributed by atoms with Gasteiger partial charge >= 0.3 is 0 Å². The van der Waals surface area contributed by atoms with Gasteiger partial charge < -0.3 is 16.4 Å². The lowest BCUT2D eigenvalue weighted by Crippen LogP contribution is -2.24. The van der Waals surface area contributed by atoms with Gasteiger partial charge in [0.2, 0.25) is 5.91 Å². The van der Waals surface area contributed by atoms with Gasteiger partial charge in [-0.2, -0.15) is 0 Å². The maximum atomic E-state index is 11.1. The van der Waals surface area contributed by atoms with Crippen molar-refractivity contribution in [2.24, 2.45) is 0 Å². The molecule has 0 aliphatic carbocycles. The fraction of sp³-hybridized carbons (Fsp3) is 0.364. The van der Waals surface area contributed by atoms with E-state index < -0.39 is 0 Å². The summed E-state index contributed by atoms with van der Waals surface area (Å²) in [7, 11) is 0. The summed E-state index contributed by atoms with van der Waals surface area (Å²) in [5, 5.41) is 5.87. The number of benzene rings is 1. The van der Waals surface area contributed by atoms with Crippen LogP contribution in [0.25, 0.3) is 0 Å². The molecule has 0 aliphatic rings. The summed E-state index contributed by atoms with van der Waals surface area (Å²) in [6, 6.07) is 7.48. The maximum Gasteiger partial charge on any atom is 0.221 e. The Morgan fingerprint density at radius 1 is 1.47 bits per heavy atom. The van der Waals surface area contributed by atoms with Gasteiger partial charge in [0.1, 0.15) is 0 Å². The van der Waals surface area contributed by atoms with Gasteiger partial charge in [-0.25, -0.2) is 0 Å². The van der Waals surface area contributed by atoms with Gasteiger partial charge in [-0.15, -0.1) is 0 Å². The summed E-state index contributed by atoms with van der Waals surface area (Å²) in [6.45, 7) is 3.20. The summed E-state index contributed by atoms with van der Waals surface area (Å²) in [4.78, 5) is 11.1. The smallest absolute Gasteiger partial charge is 0.221 e. The van der Waals surface area contributed by atoms with Crippen molar-refractivity contribution in [1.82, 2.24) is 5.32 Å². The van der Waals surface area contributed by atoms with Gasteiger partial charge in [0.15, 0.2) is 0 Å². The standard InChI is InChI=1S/C11H17N3O/c1-2-13-11(15)6-7-14-10-5-3-4-9(12)8-10/h3-5,8,14H,2,6-7,12H2,1H3,(H,13,15). The first-order chi connectivity index (χ1) is 7.22. The monoisotopic (exact) mass is 207 g/mol. The Bertz CT molecular complexity index is 325. The summed E-state index contributed by atoms with van der Waals surface area (Å²) in [6.07, 6.45) is 0.475. The zero-order valence-corrected chi connectivity index (χ0v) is 8.92. The van der Waals surface area contributed by atoms with Gasteiger partial charge in [0.05, 0.1) is 0 Å². The Morgan fingerprint density at radius 2 is 2.27 bits per heavy atom. The minimum Gasteiger partial charge on any atom is -0.399 e. The summed E-state index contributed by atoms with van der Waals surface area (Å²) in [5.41, 5.74) is 7.28. The third-order valence-corrected chi connectivity index (χ3v) is 1.94. The van der Waals surface area contributed by atoms with Crippen molar-refractivity contribution in [3.63, 3.8) is 0 Å². The molecule has 0 radical (unpaired) electrons. The van der Waals surface area contributed by atoms with Crippen molar-refractivity contribution in [2.75, 3.05) is 24.1 Å². The Hall–Kier alpha value is -1.71. The first kappa shape index (κ1) is 11.4. The van der Waals surface area contributed by atoms with E-state index in [9.17, 15) is 4.79 Å². The molecule has 0 spiro atoms. The summed E-state index contributed by atoms with van der Waals surface area (Å²) in [5.74, 6) is 0.0638. The molecule has 0 aromatic heterocycles. The van der Waals surface area contributed by atoms with Gasteiger partial charge in [0, 0.05) is 30.9 Å². The Balaban J connectivity index is 2.28. The highest BCUT2D eigenvalue weighted by atomic mass is 16.1. The SMILES string of the molecule is CCNC(=O)CCNc1cccc(N)c1. The topological polar surface area (TPSA) is 67.2 Å². The maximum absolute atomic E-state index is 11.1. The van der Waals surface area contributed by atoms with E-state index in [-0.39, 0.29) is 5.91 Å². The highest BCUT2D eigenvalue weighted by molar-refractivity contribution is 5.76. The highest BCUT2D eigenvalue weighted by Crippen LogP contribution is 2.11. The van der Waals surface area contributed by atoms with Crippen molar-refractivity contribution >= 4 is 17.3 Å². The molecule has 1 amide bonds. The van der Waals surface area contributed by atoms with E-state index in [1.807, 2.05) is 31.2 Å². The van der Waals surface area contributed by atoms with Crippen molar-refractivity contribution in [1.29, 1.82) is 0 Å². The molecular weight excluding hydrogens is 190 g/mol. The van der Waals surface area contributed by atoms with E-state index in [1.54, 1.807) is 0 Å². The predicted molar refractivity (Wildman–Crippen MR) is 62.6 cm³/mol. The summed E-state index contributed by atoms with van der Waals surface area (Å²) >= 11 is 0. The number of hydrogen-bond donors (Lipinski definition) is 3. The van der Waals surface area contributed by atoms with Gasteiger partial charge in [-0.1, -0.05) is 6.07 Å². The van der Waals surface area contributed by atoms with E-state index in [4.69, 9.17) is 5.73 Å². The lowest BCUT2D eigenvalue weighted by Gasteiger charge is -2.06. The van der Waals surface area contributed by atoms with Crippen LogP contribution in [-0.4, -0.2) is 19.0 Å². The number of nitrogens with two attached hydrogens (primary N) is 1. The lowest BCUT2D eigenvalue weighted by atomic mass is 10.3. The zero-order valence-electron chi connectivity index (χ0n) is 8.92. The minimum atomic E-state index is 0.0638. The van der Waals surface area contributed by atoms with E-state index in [0.29, 0.717) is 19.5 Å². The second kappa shape index (κ2) is 5.90. The summed E-state index contributed by atoms with van der Waals surface area (Å²) < 4.78 is 0. The number of carbonyl (C=O) groups excluding carboxylic acids is 1. The molecule has 0 fully saturated rings. The molecular formula is C11H17N3O. The molecule has 4 N–H and O–H groups in total. The Kier molecular flexibility index (Phi) is 4.47. The molecule has 15 heavy (non-hydrogen) atoms. The van der Waals surface area contributed by atoms with E-state index >= 15 is 0 Å². The van der Waals surface area contributed by atoms with Crippen LogP contribution < -0.4 is 16.4 Å². The lowest BCUT2D eigenvalue weighted by molar-refractivity contribution is -0.120. The Morgan fingerprint density at radius 3 is 2.93 bits per heavy atom. The zero-order chi connectivity index (χ0) is 11.1. The third kappa shape index (κ3) is 4.35. The predicted octanol–water partition coefficient (Wildman–Crippen LogP) is 1.21. The molecule has 4 heteroatoms. The molecule has 82 valence electrons. The number of nitrogen functional groups attached to an aromatic ring is 1. The molecule has 0 aliphatic heterocycles. The average molecular weight is 207 g/mol. The Labute approximate surface area is 89.9 Å². The number of rotatable bonds is 5. The fourth-order valence-corrected chi connectivity index (χ4v) is 1.25. The molecule has 1 aromatic carbocycles. The molecule has 0 atom stereocenters. The molecule has 0 heterocycles. The van der Waals surface area contributed by atoms with E-state index in [1.165, 1.54) is 0 Å². The van der Waals surface area contributed by atoms with Crippen LogP contribution in [0.2, 0.25) is 0 Å². The van der Waals surface area contributed by atoms with Crippen LogP contribution >= 0.6 is 0 Å². The molecule has 1 aromatic rings. The fourth-order valence-electron chi connectivity index (χ4n) is 1.25. The van der Waals surface area contributed by atoms with E-state index in [2.05, 4.69) is 10.6 Å². The van der Waals surface area contributed by atoms with Crippen LogP contribution in [0.5, 0.6) is 0 Å². The van der Waals surface area contributed by atoms with Crippen LogP contribution in [-0.2, 0) is 4.79 Å². The number of anilines is 2. The quantitative estimate of drug-likeness (QED) is 0.636. The molecule has 0 saturated carbocycles. The largest absolute Gasteiger partial charge is 0.399 e. The minimum absolute atomic E-state index is 0.0638. The first-order valence-electron chi connectivity index (χ1n) is 5.08. The van der Waals surface area contributed by atoms with Crippen LogP contribution in [0.4, 0.5) is 11.4 Å². The van der Waals surface area contributed by atoms with Crippen LogP contribution in [0, 0.1) is 0 Å². The second-order valence-electron chi connectivity index (χ2n) is 3.26. The third-order valence-electron chi connectivity index (χ3n) is 1.94. The van der Waals surface area contributed by atoms with Crippen LogP contribution in [0.15, 0.2) is 24.3 Å². The van der Waals surface area contributed by atoms with Crippen molar-refractivity contribution in [3.8, 4) is 0 Å². The molecule has 0 saturated heterocycles. The molecule has 0 bridgehead atoms. The van der Waals surface area contributed by atoms with Gasteiger partial charge in [-0.3, -0.25) is 4.79 Å². The van der Waals surface area contributed by atoms with E-state index in [0.717, 1.165) is 11.4 Å². The molecule has 4 nitrogen and oxygen atoms in total. The van der Waals surface area contributed by atoms with Crippen LogP contribution in [0.3, 0.4) is 0 Å². The molecule has 0 unspecified atom stereocenters. The number of nitrogens with one attached hydrogen (secondary N) is 2. The first-order valence-corrected chi connectivity index (χ1v) is 5.08. The van der Waals surface area contributed by atoms with Crippen molar-refractivity contribution in [3.05, 3.63) is 24.3 Å². The second-order valence-corrected chi connectivity index (χ2v) is 3.26. The number of hydrogen-bond acceptors (Lipinski definition) is 3. The van der Waals surface area contributed by atoms with Gasteiger partial charge in [-0.05, 0) is 25.1 Å². The van der Waals surface area contributed by atoms with Gasteiger partial charge in [0.25, 0.3) is 0 Å². The normalized spacial score (nSPS) is 9.67. The van der Waals surface area contributed by atoms with Crippen molar-refractivity contribution in [2.45, 2.75) is 13.3 Å². The van der Waals surface area contributed by atoms with Crippen LogP contribution in [0.1, 0.15) is 13.3 Å². The number of carbonyl (C=O) groups is 1. The number of amides is 1. The highest BCUT2D eigenvalue weighted by Gasteiger charge is 1.98.